The van der Waals surface area contributed by atoms with Crippen LogP contribution in [0.5, 0.6) is 0 Å². The smallest absolute Gasteiger partial charge is 0.315 e. The number of ether oxygens (including phenoxy) is 1. The summed E-state index contributed by atoms with van der Waals surface area (Å²) in [5.74, 6) is -1.24. The molecular weight excluding hydrogens is 360 g/mol. The summed E-state index contributed by atoms with van der Waals surface area (Å²) >= 11 is 0. The Morgan fingerprint density at radius 3 is 2.19 bits per heavy atom. The molecule has 0 radical (unpaired) electrons. The van der Waals surface area contributed by atoms with Crippen molar-refractivity contribution in [1.82, 2.24) is 9.97 Å². The number of carbonyl (C=O) groups is 2. The molecule has 2 rings (SSSR count). The van der Waals surface area contributed by atoms with E-state index in [0.29, 0.717) is 17.1 Å². The molecule has 0 saturated carbocycles. The van der Waals surface area contributed by atoms with Crippen LogP contribution in [0.1, 0.15) is 17.8 Å². The second kappa shape index (κ2) is 7.91. The van der Waals surface area contributed by atoms with Gasteiger partial charge in [0.05, 0.1) is 12.0 Å². The predicted octanol–water partition coefficient (Wildman–Crippen LogP) is 1.40. The second-order valence-electron chi connectivity index (χ2n) is 5.41. The summed E-state index contributed by atoms with van der Waals surface area (Å²) in [6.07, 6.45) is -0.428. The predicted molar refractivity (Wildman–Crippen MR) is 94.0 cm³/mol. The van der Waals surface area contributed by atoms with Gasteiger partial charge in [-0.15, -0.1) is 0 Å². The van der Waals surface area contributed by atoms with Gasteiger partial charge < -0.3 is 10.1 Å². The molecule has 0 aliphatic rings. The maximum Gasteiger partial charge on any atom is 0.315 e. The Morgan fingerprint density at radius 1 is 1.08 bits per heavy atom. The first kappa shape index (κ1) is 19.3. The lowest BCUT2D eigenvalue weighted by molar-refractivity contribution is -0.142. The molecule has 0 aliphatic carbocycles. The van der Waals surface area contributed by atoms with Crippen molar-refractivity contribution in [2.24, 2.45) is 0 Å². The van der Waals surface area contributed by atoms with Crippen LogP contribution in [-0.2, 0) is 24.3 Å². The minimum atomic E-state index is -3.88. The van der Waals surface area contributed by atoms with E-state index in [1.807, 2.05) is 0 Å². The zero-order chi connectivity index (χ0) is 19.3. The highest BCUT2D eigenvalue weighted by atomic mass is 32.2. The number of benzene rings is 1. The van der Waals surface area contributed by atoms with E-state index in [4.69, 9.17) is 0 Å². The number of aromatic nitrogens is 2. The van der Waals surface area contributed by atoms with Crippen LogP contribution in [-0.4, -0.2) is 37.4 Å². The van der Waals surface area contributed by atoms with E-state index < -0.39 is 28.3 Å². The summed E-state index contributed by atoms with van der Waals surface area (Å²) in [5, 5.41) is 2.47. The number of nitrogens with one attached hydrogen (secondary N) is 2. The zero-order valence-electron chi connectivity index (χ0n) is 14.4. The van der Waals surface area contributed by atoms with E-state index in [2.05, 4.69) is 24.7 Å². The van der Waals surface area contributed by atoms with Gasteiger partial charge >= 0.3 is 5.97 Å². The Kier molecular flexibility index (Phi) is 5.88. The highest BCUT2D eigenvalue weighted by Crippen LogP contribution is 2.17. The number of nitrogens with zero attached hydrogens (tertiary/aromatic N) is 2. The van der Waals surface area contributed by atoms with Crippen LogP contribution in [0.3, 0.4) is 0 Å². The molecule has 138 valence electrons. The minimum Gasteiger partial charge on any atom is -0.469 e. The maximum atomic E-state index is 12.4. The molecule has 2 aromatic rings. The third-order valence-corrected chi connectivity index (χ3v) is 4.53. The van der Waals surface area contributed by atoms with Crippen molar-refractivity contribution in [2.75, 3.05) is 17.1 Å². The van der Waals surface area contributed by atoms with Gasteiger partial charge in [0.1, 0.15) is 6.42 Å². The van der Waals surface area contributed by atoms with Gasteiger partial charge in [0.15, 0.2) is 0 Å². The van der Waals surface area contributed by atoms with Gasteiger partial charge in [-0.1, -0.05) is 0 Å². The van der Waals surface area contributed by atoms with Crippen LogP contribution < -0.4 is 10.0 Å². The number of hydrogen-bond donors (Lipinski definition) is 2. The Bertz CT molecular complexity index is 906. The lowest BCUT2D eigenvalue weighted by Gasteiger charge is -2.09. The summed E-state index contributed by atoms with van der Waals surface area (Å²) in [5.41, 5.74) is 1.62. The summed E-state index contributed by atoms with van der Waals surface area (Å²) in [6.45, 7) is 3.47. The molecule has 0 spiro atoms. The van der Waals surface area contributed by atoms with Gasteiger partial charge in [0.2, 0.25) is 11.9 Å². The van der Waals surface area contributed by atoms with Crippen molar-refractivity contribution in [3.8, 4) is 0 Å². The number of anilines is 2. The maximum absolute atomic E-state index is 12.4. The molecule has 1 aromatic carbocycles. The molecule has 1 amide bonds. The average molecular weight is 378 g/mol. The largest absolute Gasteiger partial charge is 0.469 e. The van der Waals surface area contributed by atoms with E-state index in [9.17, 15) is 18.0 Å². The average Bonchev–Trinajstić information content (AvgIpc) is 2.53. The molecule has 0 atom stereocenters. The van der Waals surface area contributed by atoms with Crippen molar-refractivity contribution in [3.05, 3.63) is 41.7 Å². The van der Waals surface area contributed by atoms with Crippen molar-refractivity contribution in [2.45, 2.75) is 25.2 Å². The molecule has 0 aliphatic heterocycles. The molecule has 0 fully saturated rings. The molecule has 1 aromatic heterocycles. The van der Waals surface area contributed by atoms with Crippen LogP contribution in [0.4, 0.5) is 11.6 Å². The molecule has 9 nitrogen and oxygen atoms in total. The summed E-state index contributed by atoms with van der Waals surface area (Å²) in [7, 11) is -2.69. The molecule has 0 unspecified atom stereocenters. The van der Waals surface area contributed by atoms with E-state index >= 15 is 0 Å². The van der Waals surface area contributed by atoms with Gasteiger partial charge in [-0.3, -0.25) is 9.59 Å². The number of rotatable bonds is 6. The van der Waals surface area contributed by atoms with Crippen LogP contribution in [0, 0.1) is 13.8 Å². The first-order valence-electron chi connectivity index (χ1n) is 7.51. The Labute approximate surface area is 150 Å². The van der Waals surface area contributed by atoms with Crippen LogP contribution in [0.15, 0.2) is 35.2 Å². The molecule has 0 saturated heterocycles. The molecular formula is C16H18N4O5S. The Hall–Kier alpha value is -3.01. The van der Waals surface area contributed by atoms with Crippen molar-refractivity contribution in [3.63, 3.8) is 0 Å². The Balaban J connectivity index is 2.11. The monoisotopic (exact) mass is 378 g/mol. The lowest BCUT2D eigenvalue weighted by Crippen LogP contribution is -2.18. The van der Waals surface area contributed by atoms with Crippen LogP contribution >= 0.6 is 0 Å². The zero-order valence-corrected chi connectivity index (χ0v) is 15.3. The van der Waals surface area contributed by atoms with Gasteiger partial charge in [-0.25, -0.2) is 23.1 Å². The van der Waals surface area contributed by atoms with Crippen LogP contribution in [0.25, 0.3) is 0 Å². The van der Waals surface area contributed by atoms with E-state index in [1.165, 1.54) is 31.4 Å². The highest BCUT2D eigenvalue weighted by Gasteiger charge is 2.16. The van der Waals surface area contributed by atoms with Crippen molar-refractivity contribution < 1.29 is 22.7 Å². The highest BCUT2D eigenvalue weighted by molar-refractivity contribution is 7.92. The second-order valence-corrected chi connectivity index (χ2v) is 7.09. The van der Waals surface area contributed by atoms with Gasteiger partial charge in [0.25, 0.3) is 10.0 Å². The molecule has 0 bridgehead atoms. The quantitative estimate of drug-likeness (QED) is 0.574. The molecule has 26 heavy (non-hydrogen) atoms. The van der Waals surface area contributed by atoms with Crippen LogP contribution in [0.2, 0.25) is 0 Å². The van der Waals surface area contributed by atoms with E-state index in [0.717, 1.165) is 0 Å². The third kappa shape index (κ3) is 5.24. The number of esters is 1. The summed E-state index contributed by atoms with van der Waals surface area (Å²) in [4.78, 5) is 30.7. The minimum absolute atomic E-state index is 0.0158. The number of hydrogen-bond acceptors (Lipinski definition) is 7. The fraction of sp³-hybridized carbons (Fsp3) is 0.250. The first-order valence-corrected chi connectivity index (χ1v) is 9.00. The third-order valence-electron chi connectivity index (χ3n) is 3.19. The first-order chi connectivity index (χ1) is 12.2. The number of amides is 1. The number of methoxy groups -OCH3 is 1. The molecule has 1 heterocycles. The van der Waals surface area contributed by atoms with Crippen molar-refractivity contribution in [1.29, 1.82) is 0 Å². The lowest BCUT2D eigenvalue weighted by atomic mass is 10.3. The number of aryl methyl sites for hydroxylation is 2. The number of carbonyl (C=O) groups excluding carboxylic acids is 2. The molecule has 2 N–H and O–H groups in total. The Morgan fingerprint density at radius 2 is 1.65 bits per heavy atom. The fourth-order valence-electron chi connectivity index (χ4n) is 2.08. The van der Waals surface area contributed by atoms with E-state index in [-0.39, 0.29) is 10.8 Å². The standard InChI is InChI=1S/C16H18N4O5S/c1-10-8-11(2)18-16(17-10)20-26(23,24)13-6-4-12(5-7-13)19-14(21)9-15(22)25-3/h4-8H,9H2,1-3H3,(H,19,21)(H,17,18,20). The normalized spacial score (nSPS) is 10.9. The van der Waals surface area contributed by atoms with E-state index in [1.54, 1.807) is 19.9 Å². The van der Waals surface area contributed by atoms with Gasteiger partial charge in [-0.2, -0.15) is 0 Å². The molecule has 10 heteroatoms. The van der Waals surface area contributed by atoms with Crippen molar-refractivity contribution >= 4 is 33.5 Å². The van der Waals surface area contributed by atoms with Gasteiger partial charge in [0, 0.05) is 17.1 Å². The topological polar surface area (TPSA) is 127 Å². The SMILES string of the molecule is COC(=O)CC(=O)Nc1ccc(S(=O)(=O)Nc2nc(C)cc(C)n2)cc1. The summed E-state index contributed by atoms with van der Waals surface area (Å²) in [6, 6.07) is 7.18. The summed E-state index contributed by atoms with van der Waals surface area (Å²) < 4.78 is 31.5. The number of sulfonamides is 1. The van der Waals surface area contributed by atoms with Gasteiger partial charge in [-0.05, 0) is 44.2 Å². The fourth-order valence-corrected chi connectivity index (χ4v) is 3.02.